The van der Waals surface area contributed by atoms with Crippen molar-refractivity contribution in [3.8, 4) is 0 Å². The molecular formula is C17H25BrN2O. The highest BCUT2D eigenvalue weighted by Crippen LogP contribution is 2.23. The summed E-state index contributed by atoms with van der Waals surface area (Å²) in [7, 11) is 0. The summed E-state index contributed by atoms with van der Waals surface area (Å²) in [6.07, 6.45) is 3.98. The van der Waals surface area contributed by atoms with E-state index in [0.29, 0.717) is 12.1 Å². The monoisotopic (exact) mass is 352 g/mol. The zero-order valence-electron chi connectivity index (χ0n) is 12.7. The van der Waals surface area contributed by atoms with E-state index in [1.165, 1.54) is 18.4 Å². The third-order valence-electron chi connectivity index (χ3n) is 4.67. The Morgan fingerprint density at radius 2 is 1.95 bits per heavy atom. The molecule has 0 aliphatic carbocycles. The maximum atomic E-state index is 5.94. The van der Waals surface area contributed by atoms with Crippen LogP contribution in [0.15, 0.2) is 28.7 Å². The summed E-state index contributed by atoms with van der Waals surface area (Å²) in [6.45, 7) is 6.44. The van der Waals surface area contributed by atoms with Gasteiger partial charge in [-0.15, -0.1) is 0 Å². The number of halogens is 1. The van der Waals surface area contributed by atoms with Crippen LogP contribution in [0.2, 0.25) is 0 Å². The normalized spacial score (nSPS) is 28.7. The van der Waals surface area contributed by atoms with Crippen LogP contribution in [-0.2, 0) is 11.2 Å². The topological polar surface area (TPSA) is 24.5 Å². The van der Waals surface area contributed by atoms with Gasteiger partial charge in [0.15, 0.2) is 0 Å². The van der Waals surface area contributed by atoms with E-state index in [1.807, 2.05) is 0 Å². The van der Waals surface area contributed by atoms with E-state index >= 15 is 0 Å². The molecule has 21 heavy (non-hydrogen) atoms. The SMILES string of the molecule is CC1CN(C2CCNCC2)C(Cc2ccc(Br)cc2)CO1. The second-order valence-corrected chi connectivity index (χ2v) is 7.22. The second kappa shape index (κ2) is 7.23. The van der Waals surface area contributed by atoms with Crippen molar-refractivity contribution in [2.45, 2.75) is 44.4 Å². The van der Waals surface area contributed by atoms with Gasteiger partial charge in [-0.25, -0.2) is 0 Å². The van der Waals surface area contributed by atoms with Crippen LogP contribution < -0.4 is 5.32 Å². The smallest absolute Gasteiger partial charge is 0.0674 e. The molecule has 0 amide bonds. The van der Waals surface area contributed by atoms with Crippen molar-refractivity contribution >= 4 is 15.9 Å². The second-order valence-electron chi connectivity index (χ2n) is 6.31. The first-order valence-corrected chi connectivity index (χ1v) is 8.84. The van der Waals surface area contributed by atoms with Crippen LogP contribution in [0.3, 0.4) is 0 Å². The predicted molar refractivity (Wildman–Crippen MR) is 89.6 cm³/mol. The van der Waals surface area contributed by atoms with Gasteiger partial charge in [0.25, 0.3) is 0 Å². The molecule has 3 nitrogen and oxygen atoms in total. The largest absolute Gasteiger partial charge is 0.376 e. The van der Waals surface area contributed by atoms with Crippen molar-refractivity contribution in [2.75, 3.05) is 26.2 Å². The molecule has 2 fully saturated rings. The van der Waals surface area contributed by atoms with Gasteiger partial charge in [0.05, 0.1) is 12.7 Å². The van der Waals surface area contributed by atoms with E-state index in [9.17, 15) is 0 Å². The van der Waals surface area contributed by atoms with E-state index in [-0.39, 0.29) is 0 Å². The molecule has 1 aromatic rings. The summed E-state index contributed by atoms with van der Waals surface area (Å²) in [4.78, 5) is 2.72. The minimum Gasteiger partial charge on any atom is -0.376 e. The Labute approximate surface area is 136 Å². The molecule has 1 aromatic carbocycles. The third kappa shape index (κ3) is 4.07. The summed E-state index contributed by atoms with van der Waals surface area (Å²) in [5, 5.41) is 3.47. The van der Waals surface area contributed by atoms with E-state index in [4.69, 9.17) is 4.74 Å². The average molecular weight is 353 g/mol. The van der Waals surface area contributed by atoms with Crippen molar-refractivity contribution in [3.63, 3.8) is 0 Å². The summed E-state index contributed by atoms with van der Waals surface area (Å²) in [5.74, 6) is 0. The minimum atomic E-state index is 0.362. The first-order valence-electron chi connectivity index (χ1n) is 8.05. The van der Waals surface area contributed by atoms with Gasteiger partial charge in [-0.05, 0) is 57.0 Å². The molecule has 0 saturated carbocycles. The third-order valence-corrected chi connectivity index (χ3v) is 5.20. The van der Waals surface area contributed by atoms with Crippen LogP contribution in [0.5, 0.6) is 0 Å². The Kier molecular flexibility index (Phi) is 5.33. The van der Waals surface area contributed by atoms with Gasteiger partial charge in [0, 0.05) is 23.1 Å². The lowest BCUT2D eigenvalue weighted by molar-refractivity contribution is -0.0752. The summed E-state index contributed by atoms with van der Waals surface area (Å²) >= 11 is 3.51. The van der Waals surface area contributed by atoms with Crippen LogP contribution >= 0.6 is 15.9 Å². The van der Waals surface area contributed by atoms with Crippen molar-refractivity contribution in [3.05, 3.63) is 34.3 Å². The maximum absolute atomic E-state index is 5.94. The van der Waals surface area contributed by atoms with Gasteiger partial charge in [-0.1, -0.05) is 28.1 Å². The zero-order chi connectivity index (χ0) is 14.7. The van der Waals surface area contributed by atoms with E-state index in [0.717, 1.165) is 43.2 Å². The Morgan fingerprint density at radius 3 is 2.67 bits per heavy atom. The zero-order valence-corrected chi connectivity index (χ0v) is 14.3. The fourth-order valence-corrected chi connectivity index (χ4v) is 3.79. The highest BCUT2D eigenvalue weighted by Gasteiger charge is 2.32. The number of nitrogens with one attached hydrogen (secondary N) is 1. The molecule has 3 rings (SSSR count). The molecule has 2 unspecified atom stereocenters. The van der Waals surface area contributed by atoms with Gasteiger partial charge >= 0.3 is 0 Å². The first kappa shape index (κ1) is 15.5. The molecule has 0 bridgehead atoms. The van der Waals surface area contributed by atoms with E-state index in [1.54, 1.807) is 0 Å². The molecule has 0 radical (unpaired) electrons. The molecule has 2 saturated heterocycles. The number of piperidine rings is 1. The maximum Gasteiger partial charge on any atom is 0.0674 e. The lowest BCUT2D eigenvalue weighted by atomic mass is 9.97. The van der Waals surface area contributed by atoms with E-state index < -0.39 is 0 Å². The van der Waals surface area contributed by atoms with Crippen LogP contribution in [0, 0.1) is 0 Å². The van der Waals surface area contributed by atoms with Crippen LogP contribution in [0.4, 0.5) is 0 Å². The molecule has 2 aliphatic rings. The molecule has 1 N–H and O–H groups in total. The average Bonchev–Trinajstić information content (AvgIpc) is 2.52. The Bertz CT molecular complexity index is 445. The number of benzene rings is 1. The summed E-state index contributed by atoms with van der Waals surface area (Å²) in [6, 6.07) is 9.96. The lowest BCUT2D eigenvalue weighted by Gasteiger charge is -2.45. The van der Waals surface area contributed by atoms with Gasteiger partial charge < -0.3 is 10.1 Å². The molecule has 4 heteroatoms. The standard InChI is InChI=1S/C17H25BrN2O/c1-13-11-20(16-6-8-19-9-7-16)17(12-21-13)10-14-2-4-15(18)5-3-14/h2-5,13,16-17,19H,6-12H2,1H3. The highest BCUT2D eigenvalue weighted by molar-refractivity contribution is 9.10. The van der Waals surface area contributed by atoms with Gasteiger partial charge in [-0.2, -0.15) is 0 Å². The van der Waals surface area contributed by atoms with Crippen molar-refractivity contribution in [2.24, 2.45) is 0 Å². The number of hydrogen-bond donors (Lipinski definition) is 1. The molecular weight excluding hydrogens is 328 g/mol. The molecule has 0 aromatic heterocycles. The van der Waals surface area contributed by atoms with Crippen LogP contribution in [0.1, 0.15) is 25.3 Å². The lowest BCUT2D eigenvalue weighted by Crippen LogP contribution is -2.56. The molecule has 0 spiro atoms. The van der Waals surface area contributed by atoms with Gasteiger partial charge in [-0.3, -0.25) is 4.90 Å². The number of hydrogen-bond acceptors (Lipinski definition) is 3. The molecule has 2 atom stereocenters. The molecule has 116 valence electrons. The van der Waals surface area contributed by atoms with Crippen LogP contribution in [-0.4, -0.2) is 49.3 Å². The highest BCUT2D eigenvalue weighted by atomic mass is 79.9. The van der Waals surface area contributed by atoms with Crippen molar-refractivity contribution < 1.29 is 4.74 Å². The quantitative estimate of drug-likeness (QED) is 0.905. The number of rotatable bonds is 3. The predicted octanol–water partition coefficient (Wildman–Crippen LogP) is 2.83. The minimum absolute atomic E-state index is 0.362. The van der Waals surface area contributed by atoms with Gasteiger partial charge in [0.1, 0.15) is 0 Å². The fraction of sp³-hybridized carbons (Fsp3) is 0.647. The van der Waals surface area contributed by atoms with E-state index in [2.05, 4.69) is 57.3 Å². The first-order chi connectivity index (χ1) is 10.2. The van der Waals surface area contributed by atoms with Gasteiger partial charge in [0.2, 0.25) is 0 Å². The Hall–Kier alpha value is -0.420. The Morgan fingerprint density at radius 1 is 1.24 bits per heavy atom. The number of nitrogens with zero attached hydrogens (tertiary/aromatic N) is 1. The summed E-state index contributed by atoms with van der Waals surface area (Å²) in [5.41, 5.74) is 1.40. The fourth-order valence-electron chi connectivity index (χ4n) is 3.52. The van der Waals surface area contributed by atoms with Crippen LogP contribution in [0.25, 0.3) is 0 Å². The van der Waals surface area contributed by atoms with Crippen molar-refractivity contribution in [1.29, 1.82) is 0 Å². The number of ether oxygens (including phenoxy) is 1. The molecule has 2 aliphatic heterocycles. The number of morpholine rings is 1. The molecule has 2 heterocycles. The summed E-state index contributed by atoms with van der Waals surface area (Å²) < 4.78 is 7.09. The Balaban J connectivity index is 1.69. The van der Waals surface area contributed by atoms with Crippen molar-refractivity contribution in [1.82, 2.24) is 10.2 Å².